The van der Waals surface area contributed by atoms with E-state index in [-0.39, 0.29) is 23.8 Å². The first kappa shape index (κ1) is 17.2. The predicted octanol–water partition coefficient (Wildman–Crippen LogP) is 2.14. The molecule has 6 nitrogen and oxygen atoms in total. The van der Waals surface area contributed by atoms with Crippen molar-refractivity contribution in [2.75, 3.05) is 19.6 Å². The zero-order valence-corrected chi connectivity index (χ0v) is 15.1. The second kappa shape index (κ2) is 6.05. The van der Waals surface area contributed by atoms with Crippen molar-refractivity contribution in [2.24, 2.45) is 11.3 Å². The minimum absolute atomic E-state index is 0.00744. The molecule has 2 atom stereocenters. The number of carbonyl (C=O) groups is 3. The highest BCUT2D eigenvalue weighted by atomic mass is 16.2. The van der Waals surface area contributed by atoms with E-state index in [1.54, 1.807) is 4.90 Å². The molecule has 24 heavy (non-hydrogen) atoms. The van der Waals surface area contributed by atoms with E-state index < -0.39 is 11.6 Å². The molecule has 0 aromatic rings. The lowest BCUT2D eigenvalue weighted by molar-refractivity contribution is -0.141. The van der Waals surface area contributed by atoms with Gasteiger partial charge in [0.1, 0.15) is 12.1 Å². The Morgan fingerprint density at radius 3 is 2.46 bits per heavy atom. The van der Waals surface area contributed by atoms with Crippen molar-refractivity contribution in [2.45, 2.75) is 64.8 Å². The van der Waals surface area contributed by atoms with Crippen LogP contribution in [0.2, 0.25) is 0 Å². The molecular formula is C18H29N3O3. The maximum absolute atomic E-state index is 13.0. The first-order chi connectivity index (χ1) is 11.2. The molecule has 1 N–H and O–H groups in total. The summed E-state index contributed by atoms with van der Waals surface area (Å²) in [5.41, 5.74) is -0.812. The van der Waals surface area contributed by atoms with Crippen molar-refractivity contribution >= 4 is 17.8 Å². The van der Waals surface area contributed by atoms with Crippen LogP contribution in [-0.4, -0.2) is 52.8 Å². The van der Waals surface area contributed by atoms with Gasteiger partial charge >= 0.3 is 6.03 Å². The van der Waals surface area contributed by atoms with Crippen molar-refractivity contribution in [3.63, 3.8) is 0 Å². The molecular weight excluding hydrogens is 306 g/mol. The number of urea groups is 1. The summed E-state index contributed by atoms with van der Waals surface area (Å²) in [5, 5.41) is 2.93. The normalized spacial score (nSPS) is 33.0. The second-order valence-corrected chi connectivity index (χ2v) is 8.70. The van der Waals surface area contributed by atoms with Gasteiger partial charge in [0.25, 0.3) is 5.91 Å². The highest BCUT2D eigenvalue weighted by Crippen LogP contribution is 2.46. The molecule has 2 heterocycles. The van der Waals surface area contributed by atoms with Gasteiger partial charge in [-0.3, -0.25) is 14.5 Å². The largest absolute Gasteiger partial charge is 0.341 e. The summed E-state index contributed by atoms with van der Waals surface area (Å²) in [4.78, 5) is 40.8. The lowest BCUT2D eigenvalue weighted by Crippen LogP contribution is -2.54. The molecule has 0 aromatic carbocycles. The summed E-state index contributed by atoms with van der Waals surface area (Å²) in [6.45, 7) is 7.76. The Bertz CT molecular complexity index is 554. The molecule has 3 aliphatic rings. The average molecular weight is 335 g/mol. The van der Waals surface area contributed by atoms with Gasteiger partial charge in [-0.2, -0.15) is 0 Å². The van der Waals surface area contributed by atoms with Gasteiger partial charge in [-0.15, -0.1) is 0 Å². The van der Waals surface area contributed by atoms with E-state index in [9.17, 15) is 14.4 Å². The van der Waals surface area contributed by atoms with Crippen molar-refractivity contribution in [3.05, 3.63) is 0 Å². The fourth-order valence-corrected chi connectivity index (χ4v) is 5.03. The minimum Gasteiger partial charge on any atom is -0.341 e. The summed E-state index contributed by atoms with van der Waals surface area (Å²) >= 11 is 0. The van der Waals surface area contributed by atoms with Crippen LogP contribution in [0.1, 0.15) is 59.3 Å². The van der Waals surface area contributed by atoms with Crippen LogP contribution < -0.4 is 5.32 Å². The maximum Gasteiger partial charge on any atom is 0.325 e. The molecule has 4 amide bonds. The van der Waals surface area contributed by atoms with E-state index in [0.717, 1.165) is 43.7 Å². The smallest absolute Gasteiger partial charge is 0.325 e. The van der Waals surface area contributed by atoms with Crippen LogP contribution in [-0.2, 0) is 9.59 Å². The Morgan fingerprint density at radius 2 is 1.83 bits per heavy atom. The number of carbonyl (C=O) groups excluding carboxylic acids is 3. The third-order valence-electron chi connectivity index (χ3n) is 5.63. The molecule has 0 aromatic heterocycles. The van der Waals surface area contributed by atoms with Crippen molar-refractivity contribution in [1.29, 1.82) is 0 Å². The number of nitrogens with one attached hydrogen (secondary N) is 1. The van der Waals surface area contributed by atoms with Gasteiger partial charge in [-0.25, -0.2) is 4.79 Å². The standard InChI is InChI=1S/C18H29N3O3/c1-13-9-17(2,3)12-18(10-13)15(23)21(16(24)19-18)11-14(22)20-7-5-4-6-8-20/h13H,4-12H2,1-3H3,(H,19,24). The molecule has 1 spiro atoms. The number of hydrogen-bond acceptors (Lipinski definition) is 3. The number of rotatable bonds is 2. The lowest BCUT2D eigenvalue weighted by atomic mass is 9.64. The predicted molar refractivity (Wildman–Crippen MR) is 90.2 cm³/mol. The van der Waals surface area contributed by atoms with E-state index in [0.29, 0.717) is 18.8 Å². The van der Waals surface area contributed by atoms with Gasteiger partial charge in [0, 0.05) is 13.1 Å². The Labute approximate surface area is 143 Å². The molecule has 134 valence electrons. The van der Waals surface area contributed by atoms with E-state index >= 15 is 0 Å². The molecule has 3 rings (SSSR count). The first-order valence-corrected chi connectivity index (χ1v) is 9.14. The summed E-state index contributed by atoms with van der Waals surface area (Å²) < 4.78 is 0. The number of hydrogen-bond donors (Lipinski definition) is 1. The summed E-state index contributed by atoms with van der Waals surface area (Å²) in [5.74, 6) is 0.0478. The minimum atomic E-state index is -0.819. The Balaban J connectivity index is 1.73. The molecule has 1 aliphatic carbocycles. The van der Waals surface area contributed by atoms with Gasteiger partial charge < -0.3 is 10.2 Å². The third kappa shape index (κ3) is 3.15. The van der Waals surface area contributed by atoms with Crippen molar-refractivity contribution in [3.8, 4) is 0 Å². The van der Waals surface area contributed by atoms with Crippen LogP contribution in [0.3, 0.4) is 0 Å². The molecule has 2 aliphatic heterocycles. The molecule has 6 heteroatoms. The zero-order chi connectivity index (χ0) is 17.5. The molecule has 1 saturated carbocycles. The molecule has 2 saturated heterocycles. The Hall–Kier alpha value is -1.59. The van der Waals surface area contributed by atoms with Gasteiger partial charge in [0.05, 0.1) is 0 Å². The van der Waals surface area contributed by atoms with Gasteiger partial charge in [0.15, 0.2) is 0 Å². The first-order valence-electron chi connectivity index (χ1n) is 9.14. The van der Waals surface area contributed by atoms with Crippen LogP contribution in [0, 0.1) is 11.3 Å². The number of piperidine rings is 1. The van der Waals surface area contributed by atoms with E-state index in [4.69, 9.17) is 0 Å². The quantitative estimate of drug-likeness (QED) is 0.786. The Kier molecular flexibility index (Phi) is 4.34. The number of nitrogens with zero attached hydrogens (tertiary/aromatic N) is 2. The van der Waals surface area contributed by atoms with Crippen LogP contribution >= 0.6 is 0 Å². The monoisotopic (exact) mass is 335 g/mol. The zero-order valence-electron chi connectivity index (χ0n) is 15.1. The van der Waals surface area contributed by atoms with Crippen molar-refractivity contribution < 1.29 is 14.4 Å². The fraction of sp³-hybridized carbons (Fsp3) is 0.833. The molecule has 3 fully saturated rings. The van der Waals surface area contributed by atoms with Gasteiger partial charge in [-0.1, -0.05) is 20.8 Å². The number of amides is 4. The highest BCUT2D eigenvalue weighted by molar-refractivity contribution is 6.09. The summed E-state index contributed by atoms with van der Waals surface area (Å²) in [6, 6.07) is -0.407. The number of likely N-dealkylation sites (tertiary alicyclic amines) is 1. The average Bonchev–Trinajstić information content (AvgIpc) is 2.69. The molecule has 0 radical (unpaired) electrons. The fourth-order valence-electron chi connectivity index (χ4n) is 5.03. The van der Waals surface area contributed by atoms with Crippen LogP contribution in [0.5, 0.6) is 0 Å². The topological polar surface area (TPSA) is 69.7 Å². The third-order valence-corrected chi connectivity index (χ3v) is 5.63. The summed E-state index contributed by atoms with van der Waals surface area (Å²) in [7, 11) is 0. The maximum atomic E-state index is 13.0. The highest BCUT2D eigenvalue weighted by Gasteiger charge is 2.56. The van der Waals surface area contributed by atoms with Crippen LogP contribution in [0.4, 0.5) is 4.79 Å². The van der Waals surface area contributed by atoms with Crippen LogP contribution in [0.25, 0.3) is 0 Å². The van der Waals surface area contributed by atoms with E-state index in [1.807, 2.05) is 0 Å². The van der Waals surface area contributed by atoms with E-state index in [2.05, 4.69) is 26.1 Å². The number of imide groups is 1. The van der Waals surface area contributed by atoms with Gasteiger partial charge in [0.2, 0.25) is 5.91 Å². The lowest BCUT2D eigenvalue weighted by Gasteiger charge is -2.43. The SMILES string of the molecule is CC1CC(C)(C)CC2(C1)NC(=O)N(CC(=O)N1CCCCC1)C2=O. The van der Waals surface area contributed by atoms with E-state index in [1.165, 1.54) is 0 Å². The molecule has 2 unspecified atom stereocenters. The van der Waals surface area contributed by atoms with Gasteiger partial charge in [-0.05, 0) is 49.9 Å². The molecule has 0 bridgehead atoms. The van der Waals surface area contributed by atoms with Crippen molar-refractivity contribution in [1.82, 2.24) is 15.1 Å². The van der Waals surface area contributed by atoms with Crippen LogP contribution in [0.15, 0.2) is 0 Å². The second-order valence-electron chi connectivity index (χ2n) is 8.70. The summed E-state index contributed by atoms with van der Waals surface area (Å²) in [6.07, 6.45) is 5.50. The Morgan fingerprint density at radius 1 is 1.17 bits per heavy atom.